The lowest BCUT2D eigenvalue weighted by Gasteiger charge is -2.10. The number of halogens is 2. The van der Waals surface area contributed by atoms with Gasteiger partial charge in [0.15, 0.2) is 11.8 Å². The fraction of sp³-hybridized carbons (Fsp3) is 0.438. The van der Waals surface area contributed by atoms with Crippen molar-refractivity contribution in [3.8, 4) is 0 Å². The molecule has 0 bridgehead atoms. The number of guanidine groups is 1. The highest BCUT2D eigenvalue weighted by Gasteiger charge is 2.03. The number of aliphatic imine (C=N–C) groups is 1. The second kappa shape index (κ2) is 11.0. The van der Waals surface area contributed by atoms with Gasteiger partial charge in [0.25, 0.3) is 0 Å². The highest BCUT2D eigenvalue weighted by Crippen LogP contribution is 2.04. The Morgan fingerprint density at radius 1 is 1.25 bits per heavy atom. The lowest BCUT2D eigenvalue weighted by molar-refractivity contribution is 0.372. The van der Waals surface area contributed by atoms with E-state index in [0.717, 1.165) is 37.5 Å². The van der Waals surface area contributed by atoms with Crippen LogP contribution in [-0.4, -0.2) is 29.2 Å². The molecule has 0 radical (unpaired) electrons. The first-order valence-corrected chi connectivity index (χ1v) is 7.73. The van der Waals surface area contributed by atoms with Crippen LogP contribution in [0.3, 0.4) is 0 Å². The van der Waals surface area contributed by atoms with E-state index >= 15 is 0 Å². The number of rotatable bonds is 7. The number of nitrogens with zero attached hydrogens (tertiary/aromatic N) is 3. The smallest absolute Gasteiger partial charge is 0.226 e. The lowest BCUT2D eigenvalue weighted by Crippen LogP contribution is -2.37. The minimum absolute atomic E-state index is 0. The highest BCUT2D eigenvalue weighted by atomic mass is 127. The van der Waals surface area contributed by atoms with Crippen LogP contribution in [0.25, 0.3) is 0 Å². The largest absolute Gasteiger partial charge is 0.357 e. The molecule has 0 atom stereocenters. The molecule has 24 heavy (non-hydrogen) atoms. The molecule has 0 aliphatic carbocycles. The third kappa shape index (κ3) is 7.24. The van der Waals surface area contributed by atoms with E-state index in [1.54, 1.807) is 19.1 Å². The molecule has 6 nitrogen and oxygen atoms in total. The lowest BCUT2D eigenvalue weighted by atomic mass is 10.2. The zero-order valence-electron chi connectivity index (χ0n) is 13.9. The van der Waals surface area contributed by atoms with Crippen molar-refractivity contribution in [3.05, 3.63) is 47.4 Å². The van der Waals surface area contributed by atoms with E-state index in [4.69, 9.17) is 4.52 Å². The molecule has 0 fully saturated rings. The van der Waals surface area contributed by atoms with Gasteiger partial charge in [-0.15, -0.1) is 24.0 Å². The highest BCUT2D eigenvalue weighted by molar-refractivity contribution is 14.0. The minimum atomic E-state index is -0.237. The van der Waals surface area contributed by atoms with Gasteiger partial charge in [0, 0.05) is 19.5 Å². The first-order chi connectivity index (χ1) is 11.2. The number of benzene rings is 1. The predicted molar refractivity (Wildman–Crippen MR) is 102 cm³/mol. The van der Waals surface area contributed by atoms with E-state index in [1.807, 2.05) is 6.92 Å². The van der Waals surface area contributed by atoms with E-state index in [1.165, 1.54) is 12.1 Å². The van der Waals surface area contributed by atoms with E-state index < -0.39 is 0 Å². The average Bonchev–Trinajstić information content (AvgIpc) is 2.96. The van der Waals surface area contributed by atoms with Crippen LogP contribution in [0.2, 0.25) is 0 Å². The van der Waals surface area contributed by atoms with Gasteiger partial charge in [-0.3, -0.25) is 0 Å². The van der Waals surface area contributed by atoms with Gasteiger partial charge in [-0.2, -0.15) is 4.98 Å². The Kier molecular flexibility index (Phi) is 9.28. The van der Waals surface area contributed by atoms with Crippen molar-refractivity contribution in [3.63, 3.8) is 0 Å². The molecule has 1 aromatic heterocycles. The maximum atomic E-state index is 12.9. The van der Waals surface area contributed by atoms with Gasteiger partial charge >= 0.3 is 0 Å². The summed E-state index contributed by atoms with van der Waals surface area (Å²) in [5, 5.41) is 10.2. The molecule has 0 unspecified atom stereocenters. The van der Waals surface area contributed by atoms with Crippen molar-refractivity contribution in [1.82, 2.24) is 20.8 Å². The van der Waals surface area contributed by atoms with Crippen molar-refractivity contribution in [1.29, 1.82) is 0 Å². The summed E-state index contributed by atoms with van der Waals surface area (Å²) in [6.45, 7) is 5.83. The van der Waals surface area contributed by atoms with Crippen LogP contribution in [0, 0.1) is 12.7 Å². The van der Waals surface area contributed by atoms with E-state index in [9.17, 15) is 4.39 Å². The molecule has 0 saturated carbocycles. The Morgan fingerprint density at radius 2 is 2.00 bits per heavy atom. The van der Waals surface area contributed by atoms with E-state index in [0.29, 0.717) is 18.3 Å². The first kappa shape index (κ1) is 20.3. The van der Waals surface area contributed by atoms with Crippen LogP contribution in [0.15, 0.2) is 33.8 Å². The summed E-state index contributed by atoms with van der Waals surface area (Å²) >= 11 is 0. The van der Waals surface area contributed by atoms with Gasteiger partial charge < -0.3 is 15.2 Å². The molecule has 1 heterocycles. The summed E-state index contributed by atoms with van der Waals surface area (Å²) in [4.78, 5) is 8.65. The Morgan fingerprint density at radius 3 is 2.62 bits per heavy atom. The summed E-state index contributed by atoms with van der Waals surface area (Å²) < 4.78 is 17.9. The van der Waals surface area contributed by atoms with Gasteiger partial charge in [0.05, 0.1) is 6.54 Å². The number of aromatic nitrogens is 2. The van der Waals surface area contributed by atoms with Crippen molar-refractivity contribution >= 4 is 29.9 Å². The first-order valence-electron chi connectivity index (χ1n) is 7.73. The minimum Gasteiger partial charge on any atom is -0.357 e. The maximum absolute atomic E-state index is 12.9. The van der Waals surface area contributed by atoms with Crippen LogP contribution in [-0.2, 0) is 13.0 Å². The molecule has 132 valence electrons. The Bertz CT molecular complexity index is 630. The standard InChI is InChI=1S/C16H22FN5O.HI/c1-3-18-16(20-11-13-6-8-14(17)9-7-13)19-10-4-5-15-21-12(2)22-23-15;/h6-9H,3-5,10-11H2,1-2H3,(H2,18,19,20);1H. The quantitative estimate of drug-likeness (QED) is 0.296. The SMILES string of the molecule is CCNC(=NCc1ccc(F)cc1)NCCCc1nc(C)no1.I. The van der Waals surface area contributed by atoms with E-state index in [2.05, 4.69) is 25.8 Å². The zero-order chi connectivity index (χ0) is 16.5. The molecule has 2 aromatic rings. The van der Waals surface area contributed by atoms with Crippen molar-refractivity contribution in [2.24, 2.45) is 4.99 Å². The van der Waals surface area contributed by atoms with Gasteiger partial charge in [0.1, 0.15) is 5.82 Å². The summed E-state index contributed by atoms with van der Waals surface area (Å²) in [6.07, 6.45) is 1.59. The molecule has 0 aliphatic rings. The normalized spacial score (nSPS) is 11.0. The molecular weight excluding hydrogens is 424 g/mol. The molecular formula is C16H23FIN5O. The summed E-state index contributed by atoms with van der Waals surface area (Å²) in [5.41, 5.74) is 0.963. The molecule has 2 N–H and O–H groups in total. The molecule has 2 rings (SSSR count). The van der Waals surface area contributed by atoms with Crippen LogP contribution in [0.5, 0.6) is 0 Å². The van der Waals surface area contributed by atoms with E-state index in [-0.39, 0.29) is 29.8 Å². The molecule has 8 heteroatoms. The van der Waals surface area contributed by atoms with Crippen molar-refractivity contribution < 1.29 is 8.91 Å². The van der Waals surface area contributed by atoms with Crippen LogP contribution in [0.4, 0.5) is 4.39 Å². The zero-order valence-corrected chi connectivity index (χ0v) is 16.2. The van der Waals surface area contributed by atoms with Gasteiger partial charge in [-0.25, -0.2) is 9.38 Å². The fourth-order valence-corrected chi connectivity index (χ4v) is 1.99. The summed E-state index contributed by atoms with van der Waals surface area (Å²) in [5.74, 6) is 1.80. The van der Waals surface area contributed by atoms with Crippen molar-refractivity contribution in [2.45, 2.75) is 33.2 Å². The molecule has 0 amide bonds. The average molecular weight is 447 g/mol. The Labute approximate surface area is 158 Å². The summed E-state index contributed by atoms with van der Waals surface area (Å²) in [6, 6.07) is 6.36. The molecule has 0 spiro atoms. The maximum Gasteiger partial charge on any atom is 0.226 e. The second-order valence-electron chi connectivity index (χ2n) is 5.09. The number of hydrogen-bond acceptors (Lipinski definition) is 4. The molecule has 0 saturated heterocycles. The number of aryl methyl sites for hydroxylation is 2. The van der Waals surface area contributed by atoms with Gasteiger partial charge in [-0.1, -0.05) is 17.3 Å². The second-order valence-corrected chi connectivity index (χ2v) is 5.09. The van der Waals surface area contributed by atoms with Gasteiger partial charge in [0.2, 0.25) is 5.89 Å². The third-order valence-corrected chi connectivity index (χ3v) is 3.11. The third-order valence-electron chi connectivity index (χ3n) is 3.11. The van der Waals surface area contributed by atoms with Crippen LogP contribution >= 0.6 is 24.0 Å². The molecule has 1 aromatic carbocycles. The Hall–Kier alpha value is -1.71. The topological polar surface area (TPSA) is 75.3 Å². The molecule has 0 aliphatic heterocycles. The van der Waals surface area contributed by atoms with Crippen molar-refractivity contribution in [2.75, 3.05) is 13.1 Å². The predicted octanol–water partition coefficient (Wildman–Crippen LogP) is 2.82. The monoisotopic (exact) mass is 447 g/mol. The van der Waals surface area contributed by atoms with Gasteiger partial charge in [-0.05, 0) is 38.0 Å². The van der Waals surface area contributed by atoms with Crippen LogP contribution in [0.1, 0.15) is 30.6 Å². The Balaban J connectivity index is 0.00000288. The summed E-state index contributed by atoms with van der Waals surface area (Å²) in [7, 11) is 0. The number of nitrogens with one attached hydrogen (secondary N) is 2. The fourth-order valence-electron chi connectivity index (χ4n) is 1.99. The van der Waals surface area contributed by atoms with Crippen LogP contribution < -0.4 is 10.6 Å². The number of hydrogen-bond donors (Lipinski definition) is 2.